The minimum absolute atomic E-state index is 0.275. The molecule has 20 heavy (non-hydrogen) atoms. The summed E-state index contributed by atoms with van der Waals surface area (Å²) in [5, 5.41) is 18.9. The molecular weight excluding hydrogens is 271 g/mol. The Kier molecular flexibility index (Phi) is 3.61. The third kappa shape index (κ3) is 2.88. The molecule has 0 amide bonds. The minimum atomic E-state index is -4.56. The number of halogens is 3. The van der Waals surface area contributed by atoms with Gasteiger partial charge in [0, 0.05) is 12.7 Å². The lowest BCUT2D eigenvalue weighted by molar-refractivity contribution is -0.137. The van der Waals surface area contributed by atoms with E-state index >= 15 is 0 Å². The summed E-state index contributed by atoms with van der Waals surface area (Å²) in [4.78, 5) is 0. The van der Waals surface area contributed by atoms with E-state index in [2.05, 4.69) is 15.6 Å². The van der Waals surface area contributed by atoms with Gasteiger partial charge < -0.3 is 5.32 Å². The molecular formula is C12H10F3N5. The van der Waals surface area contributed by atoms with Gasteiger partial charge in [0.25, 0.3) is 0 Å². The molecule has 0 atom stereocenters. The Hall–Kier alpha value is -2.56. The molecule has 0 aliphatic heterocycles. The van der Waals surface area contributed by atoms with Crippen LogP contribution in [0, 0.1) is 11.3 Å². The van der Waals surface area contributed by atoms with Gasteiger partial charge in [0.15, 0.2) is 0 Å². The summed E-state index contributed by atoms with van der Waals surface area (Å²) in [5.74, 6) is 0. The highest BCUT2D eigenvalue weighted by molar-refractivity contribution is 5.53. The van der Waals surface area contributed by atoms with Crippen LogP contribution in [0.1, 0.15) is 16.8 Å². The Morgan fingerprint density at radius 3 is 2.70 bits per heavy atom. The topological polar surface area (TPSA) is 66.5 Å². The van der Waals surface area contributed by atoms with E-state index in [0.29, 0.717) is 0 Å². The molecule has 104 valence electrons. The van der Waals surface area contributed by atoms with Crippen LogP contribution in [0.5, 0.6) is 0 Å². The number of rotatable bonds is 3. The summed E-state index contributed by atoms with van der Waals surface area (Å²) in [6.07, 6.45) is -3.04. The Labute approximate surface area is 112 Å². The van der Waals surface area contributed by atoms with Crippen molar-refractivity contribution in [1.29, 1.82) is 5.26 Å². The maximum atomic E-state index is 12.8. The number of aryl methyl sites for hydroxylation is 1. The van der Waals surface area contributed by atoms with E-state index in [9.17, 15) is 13.2 Å². The van der Waals surface area contributed by atoms with Gasteiger partial charge in [-0.1, -0.05) is 5.21 Å². The average molecular weight is 281 g/mol. The van der Waals surface area contributed by atoms with Gasteiger partial charge in [0.1, 0.15) is 0 Å². The van der Waals surface area contributed by atoms with E-state index in [1.165, 1.54) is 23.0 Å². The van der Waals surface area contributed by atoms with Crippen molar-refractivity contribution in [3.05, 3.63) is 41.2 Å². The van der Waals surface area contributed by atoms with Crippen molar-refractivity contribution in [3.8, 4) is 6.07 Å². The molecule has 0 saturated carbocycles. The van der Waals surface area contributed by atoms with Crippen molar-refractivity contribution in [1.82, 2.24) is 15.0 Å². The van der Waals surface area contributed by atoms with E-state index in [-0.39, 0.29) is 12.2 Å². The summed E-state index contributed by atoms with van der Waals surface area (Å²) in [6.45, 7) is 0.284. The van der Waals surface area contributed by atoms with Gasteiger partial charge in [-0.05, 0) is 18.2 Å². The number of nitriles is 1. The van der Waals surface area contributed by atoms with Gasteiger partial charge in [-0.25, -0.2) is 0 Å². The lowest BCUT2D eigenvalue weighted by Gasteiger charge is -2.12. The zero-order chi connectivity index (χ0) is 14.8. The standard InChI is InChI=1S/C12H10F3N5/c1-20-10(7-18-19-20)6-17-9-3-2-8(5-16)11(4-9)12(13,14)15/h2-4,7,17H,6H2,1H3. The van der Waals surface area contributed by atoms with Crippen LogP contribution in [-0.4, -0.2) is 15.0 Å². The molecule has 0 aliphatic carbocycles. The number of alkyl halides is 3. The quantitative estimate of drug-likeness (QED) is 0.937. The van der Waals surface area contributed by atoms with Gasteiger partial charge in [-0.2, -0.15) is 18.4 Å². The number of hydrogen-bond acceptors (Lipinski definition) is 4. The highest BCUT2D eigenvalue weighted by Gasteiger charge is 2.33. The van der Waals surface area contributed by atoms with E-state index in [1.807, 2.05) is 0 Å². The van der Waals surface area contributed by atoms with Gasteiger partial charge in [0.2, 0.25) is 0 Å². The first kappa shape index (κ1) is 13.9. The lowest BCUT2D eigenvalue weighted by atomic mass is 10.1. The van der Waals surface area contributed by atoms with Crippen molar-refractivity contribution in [2.45, 2.75) is 12.7 Å². The van der Waals surface area contributed by atoms with Gasteiger partial charge in [0.05, 0.1) is 35.6 Å². The molecule has 0 saturated heterocycles. The maximum absolute atomic E-state index is 12.8. The van der Waals surface area contributed by atoms with E-state index in [1.54, 1.807) is 7.05 Å². The molecule has 1 N–H and O–H groups in total. The highest BCUT2D eigenvalue weighted by atomic mass is 19.4. The molecule has 0 radical (unpaired) electrons. The first-order chi connectivity index (χ1) is 9.41. The fourth-order valence-corrected chi connectivity index (χ4v) is 1.65. The van der Waals surface area contributed by atoms with Gasteiger partial charge >= 0.3 is 6.18 Å². The molecule has 0 fully saturated rings. The Morgan fingerprint density at radius 2 is 2.15 bits per heavy atom. The first-order valence-electron chi connectivity index (χ1n) is 5.60. The van der Waals surface area contributed by atoms with E-state index in [4.69, 9.17) is 5.26 Å². The van der Waals surface area contributed by atoms with Crippen molar-refractivity contribution in [3.63, 3.8) is 0 Å². The van der Waals surface area contributed by atoms with Crippen LogP contribution < -0.4 is 5.32 Å². The molecule has 2 aromatic rings. The van der Waals surface area contributed by atoms with Crippen molar-refractivity contribution in [2.24, 2.45) is 7.05 Å². The average Bonchev–Trinajstić information content (AvgIpc) is 2.80. The third-order valence-corrected chi connectivity index (χ3v) is 2.73. The van der Waals surface area contributed by atoms with Gasteiger partial charge in [-0.3, -0.25) is 4.68 Å². The largest absolute Gasteiger partial charge is 0.417 e. The summed E-state index contributed by atoms with van der Waals surface area (Å²) in [6, 6.07) is 5.03. The second-order valence-electron chi connectivity index (χ2n) is 4.07. The summed E-state index contributed by atoms with van der Waals surface area (Å²) in [5.41, 5.74) is -0.348. The fraction of sp³-hybridized carbons (Fsp3) is 0.250. The Balaban J connectivity index is 2.22. The predicted octanol–water partition coefficient (Wildman–Crippen LogP) is 2.32. The number of nitrogens with zero attached hydrogens (tertiary/aromatic N) is 4. The van der Waals surface area contributed by atoms with Crippen LogP contribution in [0.3, 0.4) is 0 Å². The molecule has 1 aromatic heterocycles. The molecule has 1 heterocycles. The Morgan fingerprint density at radius 1 is 1.40 bits per heavy atom. The molecule has 0 aliphatic rings. The molecule has 0 bridgehead atoms. The van der Waals surface area contributed by atoms with Crippen molar-refractivity contribution < 1.29 is 13.2 Å². The van der Waals surface area contributed by atoms with Crippen molar-refractivity contribution in [2.75, 3.05) is 5.32 Å². The van der Waals surface area contributed by atoms with Crippen LogP contribution in [0.2, 0.25) is 0 Å². The number of benzene rings is 1. The van der Waals surface area contributed by atoms with Crippen LogP contribution in [0.25, 0.3) is 0 Å². The van der Waals surface area contributed by atoms with E-state index < -0.39 is 17.3 Å². The predicted molar refractivity (Wildman–Crippen MR) is 64.5 cm³/mol. The Bertz CT molecular complexity index is 654. The maximum Gasteiger partial charge on any atom is 0.417 e. The smallest absolute Gasteiger partial charge is 0.379 e. The monoisotopic (exact) mass is 281 g/mol. The molecule has 2 rings (SSSR count). The zero-order valence-corrected chi connectivity index (χ0v) is 10.4. The first-order valence-corrected chi connectivity index (χ1v) is 5.60. The van der Waals surface area contributed by atoms with Crippen molar-refractivity contribution >= 4 is 5.69 Å². The normalized spacial score (nSPS) is 11.2. The number of aromatic nitrogens is 3. The summed E-state index contributed by atoms with van der Waals surface area (Å²) >= 11 is 0. The lowest BCUT2D eigenvalue weighted by Crippen LogP contribution is -2.10. The second kappa shape index (κ2) is 5.21. The SMILES string of the molecule is Cn1nncc1CNc1ccc(C#N)c(C(F)(F)F)c1. The van der Waals surface area contributed by atoms with Crippen LogP contribution in [0.15, 0.2) is 24.4 Å². The molecule has 0 unspecified atom stereocenters. The zero-order valence-electron chi connectivity index (χ0n) is 10.4. The number of nitrogens with one attached hydrogen (secondary N) is 1. The molecule has 1 aromatic carbocycles. The van der Waals surface area contributed by atoms with Gasteiger partial charge in [-0.15, -0.1) is 5.10 Å². The van der Waals surface area contributed by atoms with E-state index in [0.717, 1.165) is 17.8 Å². The second-order valence-corrected chi connectivity index (χ2v) is 4.07. The molecule has 8 heteroatoms. The van der Waals surface area contributed by atoms with Crippen LogP contribution >= 0.6 is 0 Å². The third-order valence-electron chi connectivity index (χ3n) is 2.73. The van der Waals surface area contributed by atoms with Crippen LogP contribution in [0.4, 0.5) is 18.9 Å². The molecule has 5 nitrogen and oxygen atoms in total. The summed E-state index contributed by atoms with van der Waals surface area (Å²) in [7, 11) is 1.68. The highest BCUT2D eigenvalue weighted by Crippen LogP contribution is 2.33. The number of hydrogen-bond donors (Lipinski definition) is 1. The summed E-state index contributed by atoms with van der Waals surface area (Å²) < 4.78 is 39.9. The van der Waals surface area contributed by atoms with Crippen LogP contribution in [-0.2, 0) is 19.8 Å². The number of anilines is 1. The fourth-order valence-electron chi connectivity index (χ4n) is 1.65. The molecule has 0 spiro atoms. The minimum Gasteiger partial charge on any atom is -0.379 e.